The van der Waals surface area contributed by atoms with Crippen molar-refractivity contribution >= 4 is 62.7 Å². The number of carbonyl (C=O) groups is 1. The number of hydrogen-bond donors (Lipinski definition) is 2. The molecule has 1 fully saturated rings. The number of para-hydroxylation sites is 1. The molecule has 2 N–H and O–H groups in total. The molecule has 14 heteroatoms. The van der Waals surface area contributed by atoms with Gasteiger partial charge in [0.05, 0.1) is 36.2 Å². The summed E-state index contributed by atoms with van der Waals surface area (Å²) < 4.78 is 36.4. The minimum Gasteiger partial charge on any atom is -0.494 e. The molecule has 1 aliphatic rings. The fourth-order valence-electron chi connectivity index (χ4n) is 4.04. The maximum atomic E-state index is 13.8. The summed E-state index contributed by atoms with van der Waals surface area (Å²) in [6.45, 7) is 1.85. The zero-order chi connectivity index (χ0) is 25.6. The molecule has 1 amide bonds. The predicted molar refractivity (Wildman–Crippen MR) is 143 cm³/mol. The van der Waals surface area contributed by atoms with Gasteiger partial charge in [0.1, 0.15) is 11.3 Å². The fourth-order valence-corrected chi connectivity index (χ4v) is 5.94. The summed E-state index contributed by atoms with van der Waals surface area (Å²) in [5.74, 6) is 0.225. The predicted octanol–water partition coefficient (Wildman–Crippen LogP) is 5.37. The molecule has 1 unspecified atom stereocenters. The van der Waals surface area contributed by atoms with Gasteiger partial charge in [-0.25, -0.2) is 23.4 Å². The molecule has 10 nitrogen and oxygen atoms in total. The largest absolute Gasteiger partial charge is 0.494 e. The highest BCUT2D eigenvalue weighted by Gasteiger charge is 2.30. The first kappa shape index (κ1) is 24.8. The van der Waals surface area contributed by atoms with Gasteiger partial charge in [0.2, 0.25) is 5.91 Å². The van der Waals surface area contributed by atoms with Gasteiger partial charge in [0.15, 0.2) is 17.2 Å². The average molecular weight is 626 g/mol. The Labute approximate surface area is 219 Å². The number of halogens is 3. The number of rotatable bonds is 8. The topological polar surface area (TPSA) is 112 Å². The quantitative estimate of drug-likeness (QED) is 0.200. The molecule has 0 aliphatic heterocycles. The van der Waals surface area contributed by atoms with E-state index in [-0.39, 0.29) is 41.0 Å². The second-order valence-electron chi connectivity index (χ2n) is 8.34. The summed E-state index contributed by atoms with van der Waals surface area (Å²) in [6.07, 6.45) is -1.18. The maximum Gasteiger partial charge on any atom is 0.295 e. The van der Waals surface area contributed by atoms with Gasteiger partial charge >= 0.3 is 0 Å². The van der Waals surface area contributed by atoms with Crippen LogP contribution in [0.2, 0.25) is 0 Å². The summed E-state index contributed by atoms with van der Waals surface area (Å²) in [5.41, 5.74) is 3.79. The Morgan fingerprint density at radius 2 is 2.06 bits per heavy atom. The Kier molecular flexibility index (Phi) is 6.77. The normalized spacial score (nSPS) is 13.8. The van der Waals surface area contributed by atoms with E-state index in [1.807, 2.05) is 41.1 Å². The number of nitrogens with one attached hydrogen (secondary N) is 2. The molecular weight excluding hydrogens is 604 g/mol. The van der Waals surface area contributed by atoms with Crippen LogP contribution in [0.5, 0.6) is 5.75 Å². The number of nitrogens with zero attached hydrogens (tertiary/aromatic N) is 6. The molecule has 188 valence electrons. The number of alkyl halides is 2. The van der Waals surface area contributed by atoms with Crippen LogP contribution in [0.1, 0.15) is 30.8 Å². The molecule has 36 heavy (non-hydrogen) atoms. The van der Waals surface area contributed by atoms with Crippen molar-refractivity contribution in [3.05, 3.63) is 35.8 Å². The van der Waals surface area contributed by atoms with E-state index in [1.54, 1.807) is 31.0 Å². The van der Waals surface area contributed by atoms with E-state index in [9.17, 15) is 13.6 Å². The third-order valence-electron chi connectivity index (χ3n) is 5.86. The summed E-state index contributed by atoms with van der Waals surface area (Å²) in [7, 11) is 3.34. The first-order valence-electron chi connectivity index (χ1n) is 11.0. The zero-order valence-corrected chi connectivity index (χ0v) is 22.7. The lowest BCUT2D eigenvalue weighted by Crippen LogP contribution is -2.14. The number of fused-ring (bicyclic) bond motifs is 1. The highest BCUT2D eigenvalue weighted by Crippen LogP contribution is 2.42. The van der Waals surface area contributed by atoms with E-state index < -0.39 is 6.43 Å². The summed E-state index contributed by atoms with van der Waals surface area (Å²) in [5, 5.41) is 14.3. The smallest absolute Gasteiger partial charge is 0.295 e. The van der Waals surface area contributed by atoms with Crippen LogP contribution in [-0.4, -0.2) is 42.3 Å². The number of imidazole rings is 1. The highest BCUT2D eigenvalue weighted by atomic mass is 127. The molecule has 1 atom stereocenters. The average Bonchev–Trinajstić information content (AvgIpc) is 3.56. The van der Waals surface area contributed by atoms with Crippen LogP contribution in [-0.2, 0) is 11.8 Å². The van der Waals surface area contributed by atoms with Crippen molar-refractivity contribution in [1.29, 1.82) is 0 Å². The second-order valence-corrected chi connectivity index (χ2v) is 10.4. The van der Waals surface area contributed by atoms with Crippen LogP contribution in [0.4, 0.5) is 26.0 Å². The molecular formula is C22H22F2IN8O2P. The molecule has 1 aromatic carbocycles. The monoisotopic (exact) mass is 626 g/mol. The van der Waals surface area contributed by atoms with E-state index in [0.29, 0.717) is 17.1 Å². The molecule has 3 aromatic heterocycles. The van der Waals surface area contributed by atoms with E-state index in [1.165, 1.54) is 4.34 Å². The Hall–Kier alpha value is -2.93. The molecule has 0 bridgehead atoms. The van der Waals surface area contributed by atoms with E-state index in [0.717, 1.165) is 29.8 Å². The Morgan fingerprint density at radius 1 is 1.28 bits per heavy atom. The first-order valence-corrected chi connectivity index (χ1v) is 15.1. The van der Waals surface area contributed by atoms with Gasteiger partial charge in [-0.1, -0.05) is 11.3 Å². The number of aryl methyl sites for hydroxylation is 2. The van der Waals surface area contributed by atoms with Crippen LogP contribution >= 0.6 is 28.4 Å². The Bertz CT molecular complexity index is 1450. The van der Waals surface area contributed by atoms with Crippen LogP contribution in [0, 0.1) is 12.8 Å². The van der Waals surface area contributed by atoms with E-state index in [2.05, 4.69) is 30.9 Å². The zero-order valence-electron chi connectivity index (χ0n) is 19.5. The molecule has 0 radical (unpaired) electrons. The van der Waals surface area contributed by atoms with Gasteiger partial charge in [-0.05, 0) is 53.9 Å². The minimum atomic E-state index is -2.78. The van der Waals surface area contributed by atoms with Crippen molar-refractivity contribution in [1.82, 2.24) is 29.3 Å². The van der Waals surface area contributed by atoms with Gasteiger partial charge in [-0.3, -0.25) is 9.13 Å². The van der Waals surface area contributed by atoms with Crippen molar-refractivity contribution in [2.45, 2.75) is 26.2 Å². The number of methoxy groups -OCH3 is 1. The number of hydrogen-bond acceptors (Lipinski definition) is 7. The molecule has 1 saturated carbocycles. The van der Waals surface area contributed by atoms with Crippen molar-refractivity contribution < 1.29 is 18.3 Å². The van der Waals surface area contributed by atoms with Crippen molar-refractivity contribution in [2.24, 2.45) is 13.0 Å². The van der Waals surface area contributed by atoms with Crippen molar-refractivity contribution in [3.8, 4) is 17.0 Å². The molecule has 0 saturated heterocycles. The molecule has 5 rings (SSSR count). The number of amides is 1. The van der Waals surface area contributed by atoms with Crippen LogP contribution in [0.15, 0.2) is 24.3 Å². The number of benzene rings is 1. The maximum absolute atomic E-state index is 13.8. The lowest BCUT2D eigenvalue weighted by Gasteiger charge is -2.16. The molecule has 0 spiro atoms. The third-order valence-corrected chi connectivity index (χ3v) is 7.92. The van der Waals surface area contributed by atoms with Gasteiger partial charge in [0, 0.05) is 24.6 Å². The van der Waals surface area contributed by atoms with E-state index >= 15 is 0 Å². The summed E-state index contributed by atoms with van der Waals surface area (Å²) >= 11 is 2.01. The van der Waals surface area contributed by atoms with Crippen LogP contribution in [0.3, 0.4) is 0 Å². The van der Waals surface area contributed by atoms with Gasteiger partial charge in [-0.2, -0.15) is 0 Å². The second kappa shape index (κ2) is 9.85. The SMILES string of the molecule is COc1c(Nc2cc(NC(=O)C3CC3)nc3c2nc(C(F)F)n3PI)cccc1-c1c(C)nnn1C. The number of anilines is 3. The fraction of sp³-hybridized carbons (Fsp3) is 0.318. The minimum absolute atomic E-state index is 0.0422. The lowest BCUT2D eigenvalue weighted by atomic mass is 10.1. The lowest BCUT2D eigenvalue weighted by molar-refractivity contribution is -0.117. The molecule has 4 aromatic rings. The number of ether oxygens (including phenoxy) is 1. The Morgan fingerprint density at radius 3 is 2.67 bits per heavy atom. The number of pyridine rings is 1. The summed E-state index contributed by atoms with van der Waals surface area (Å²) in [6, 6.07) is 7.14. The van der Waals surface area contributed by atoms with Crippen LogP contribution in [0.25, 0.3) is 22.4 Å². The van der Waals surface area contributed by atoms with Crippen molar-refractivity contribution in [2.75, 3.05) is 17.7 Å². The standard InChI is InChI=1S/C22H22F2IN8O2P/c1-10-17(32(2)31-30-10)12-5-4-6-13(18(12)35-3)26-14-9-15(28-22(34)11-7-8-11)27-20-16(14)29-21(19(23)24)33(20)36-25/h4-6,9,11,19,36H,7-8H2,1-3H3,(H2,26,27,28,34). The summed E-state index contributed by atoms with van der Waals surface area (Å²) in [4.78, 5) is 21.1. The van der Waals surface area contributed by atoms with Gasteiger partial charge in [0.25, 0.3) is 6.43 Å². The van der Waals surface area contributed by atoms with E-state index in [4.69, 9.17) is 4.74 Å². The van der Waals surface area contributed by atoms with Crippen molar-refractivity contribution in [3.63, 3.8) is 0 Å². The first-order chi connectivity index (χ1) is 17.3. The van der Waals surface area contributed by atoms with Gasteiger partial charge in [-0.15, -0.1) is 5.10 Å². The number of aromatic nitrogens is 6. The third kappa shape index (κ3) is 4.49. The highest BCUT2D eigenvalue weighted by molar-refractivity contribution is 14.2. The molecule has 1 aliphatic carbocycles. The number of carbonyl (C=O) groups excluding carboxylic acids is 1. The van der Waals surface area contributed by atoms with Gasteiger partial charge < -0.3 is 15.4 Å². The van der Waals surface area contributed by atoms with Crippen LogP contribution < -0.4 is 15.4 Å². The Balaban J connectivity index is 1.65. The molecule has 3 heterocycles.